The van der Waals surface area contributed by atoms with Crippen molar-refractivity contribution in [3.8, 4) is 28.6 Å². The number of rotatable bonds is 2. The van der Waals surface area contributed by atoms with Gasteiger partial charge < -0.3 is 10.2 Å². The molecule has 0 radical (unpaired) electrons. The second-order valence-corrected chi connectivity index (χ2v) is 5.25. The number of nitrogens with zero attached hydrogens (tertiary/aromatic N) is 2. The first-order valence-corrected chi connectivity index (χ1v) is 6.81. The second kappa shape index (κ2) is 5.23. The predicted octanol–water partition coefficient (Wildman–Crippen LogP) is 2.60. The maximum atomic E-state index is 12.0. The number of hydrogen-bond acceptors (Lipinski definition) is 4. The number of H-pyrrole nitrogens is 1. The molecule has 0 saturated heterocycles. The van der Waals surface area contributed by atoms with Crippen LogP contribution < -0.4 is 5.69 Å². The first-order chi connectivity index (χ1) is 10.5. The fourth-order valence-electron chi connectivity index (χ4n) is 2.14. The lowest BCUT2D eigenvalue weighted by molar-refractivity contribution is 0.451. The maximum Gasteiger partial charge on any atom is 0.348 e. The third-order valence-electron chi connectivity index (χ3n) is 3.27. The van der Waals surface area contributed by atoms with E-state index in [2.05, 4.69) is 10.2 Å². The lowest BCUT2D eigenvalue weighted by Gasteiger charge is -2.09. The van der Waals surface area contributed by atoms with Gasteiger partial charge in [-0.15, -0.1) is 0 Å². The molecule has 1 heterocycles. The molecule has 0 aliphatic heterocycles. The quantitative estimate of drug-likeness (QED) is 0.677. The first-order valence-electron chi connectivity index (χ1n) is 6.43. The number of aromatic amines is 1. The van der Waals surface area contributed by atoms with Crippen molar-refractivity contribution in [1.82, 2.24) is 14.8 Å². The van der Waals surface area contributed by atoms with Gasteiger partial charge in [0.05, 0.1) is 16.3 Å². The van der Waals surface area contributed by atoms with Gasteiger partial charge >= 0.3 is 5.69 Å². The molecule has 0 bridgehead atoms. The Morgan fingerprint density at radius 2 is 1.82 bits per heavy atom. The summed E-state index contributed by atoms with van der Waals surface area (Å²) in [6.07, 6.45) is 0. The van der Waals surface area contributed by atoms with Gasteiger partial charge in [-0.1, -0.05) is 29.3 Å². The molecule has 0 amide bonds. The fraction of sp³-hybridized carbons (Fsp3) is 0.0667. The third kappa shape index (κ3) is 2.33. The SMILES string of the molecule is Cc1ccc(-n2c(-c3cc(Cl)c(O)cc3O)n[nH]c2=O)cc1. The highest BCUT2D eigenvalue weighted by molar-refractivity contribution is 6.32. The molecule has 7 heteroatoms. The van der Waals surface area contributed by atoms with Crippen LogP contribution in [0.5, 0.6) is 11.5 Å². The van der Waals surface area contributed by atoms with Gasteiger partial charge in [0.15, 0.2) is 5.82 Å². The number of halogens is 1. The topological polar surface area (TPSA) is 91.1 Å². The Labute approximate surface area is 130 Å². The van der Waals surface area contributed by atoms with Gasteiger partial charge in [0.1, 0.15) is 11.5 Å². The summed E-state index contributed by atoms with van der Waals surface area (Å²) >= 11 is 5.88. The van der Waals surface area contributed by atoms with Gasteiger partial charge in [-0.05, 0) is 25.1 Å². The molecular weight excluding hydrogens is 306 g/mol. The number of aryl methyl sites for hydroxylation is 1. The van der Waals surface area contributed by atoms with Crippen molar-refractivity contribution in [1.29, 1.82) is 0 Å². The Kier molecular flexibility index (Phi) is 3.38. The fourth-order valence-corrected chi connectivity index (χ4v) is 2.30. The smallest absolute Gasteiger partial charge is 0.348 e. The van der Waals surface area contributed by atoms with Crippen LogP contribution >= 0.6 is 11.6 Å². The van der Waals surface area contributed by atoms with Gasteiger partial charge in [0, 0.05) is 6.07 Å². The van der Waals surface area contributed by atoms with Crippen LogP contribution in [-0.2, 0) is 0 Å². The van der Waals surface area contributed by atoms with E-state index in [0.717, 1.165) is 11.6 Å². The van der Waals surface area contributed by atoms with Gasteiger partial charge in [0.25, 0.3) is 0 Å². The molecule has 1 aromatic heterocycles. The number of phenolic OH excluding ortho intramolecular Hbond substituents is 2. The lowest BCUT2D eigenvalue weighted by atomic mass is 10.1. The normalized spacial score (nSPS) is 10.8. The average Bonchev–Trinajstić information content (AvgIpc) is 2.85. The molecule has 0 fully saturated rings. The van der Waals surface area contributed by atoms with Crippen LogP contribution in [-0.4, -0.2) is 25.0 Å². The highest BCUT2D eigenvalue weighted by atomic mass is 35.5. The summed E-state index contributed by atoms with van der Waals surface area (Å²) in [5.74, 6) is -0.273. The van der Waals surface area contributed by atoms with Crippen LogP contribution in [0.15, 0.2) is 41.2 Å². The molecule has 0 aliphatic carbocycles. The van der Waals surface area contributed by atoms with Crippen molar-refractivity contribution in [2.45, 2.75) is 6.92 Å². The summed E-state index contributed by atoms with van der Waals surface area (Å²) in [7, 11) is 0. The molecule has 3 aromatic rings. The molecule has 22 heavy (non-hydrogen) atoms. The van der Waals surface area contributed by atoms with Crippen molar-refractivity contribution in [3.05, 3.63) is 57.5 Å². The van der Waals surface area contributed by atoms with Crippen LogP contribution in [0, 0.1) is 6.92 Å². The van der Waals surface area contributed by atoms with E-state index in [1.54, 1.807) is 12.1 Å². The minimum Gasteiger partial charge on any atom is -0.507 e. The van der Waals surface area contributed by atoms with E-state index in [9.17, 15) is 15.0 Å². The van der Waals surface area contributed by atoms with Crippen molar-refractivity contribution in [3.63, 3.8) is 0 Å². The summed E-state index contributed by atoms with van der Waals surface area (Å²) < 4.78 is 1.32. The first kappa shape index (κ1) is 14.2. The highest BCUT2D eigenvalue weighted by Gasteiger charge is 2.17. The monoisotopic (exact) mass is 317 g/mol. The molecular formula is C15H12ClN3O3. The van der Waals surface area contributed by atoms with Crippen molar-refractivity contribution < 1.29 is 10.2 Å². The van der Waals surface area contributed by atoms with Crippen molar-refractivity contribution in [2.75, 3.05) is 0 Å². The van der Waals surface area contributed by atoms with Crippen molar-refractivity contribution in [2.24, 2.45) is 0 Å². The second-order valence-electron chi connectivity index (χ2n) is 4.84. The number of phenols is 2. The Hall–Kier alpha value is -2.73. The Balaban J connectivity index is 2.24. The van der Waals surface area contributed by atoms with E-state index in [1.165, 1.54) is 10.6 Å². The zero-order valence-corrected chi connectivity index (χ0v) is 12.3. The molecule has 2 aromatic carbocycles. The standard InChI is InChI=1S/C15H12ClN3O3/c1-8-2-4-9(5-3-8)19-14(17-18-15(19)22)10-6-11(16)13(21)7-12(10)20/h2-7,20-21H,1H3,(H,18,22). The third-order valence-corrected chi connectivity index (χ3v) is 3.57. The molecule has 0 aliphatic rings. The zero-order valence-electron chi connectivity index (χ0n) is 11.5. The molecule has 0 unspecified atom stereocenters. The van der Waals surface area contributed by atoms with Crippen molar-refractivity contribution >= 4 is 11.6 Å². The average molecular weight is 318 g/mol. The number of aromatic hydroxyl groups is 2. The molecule has 112 valence electrons. The zero-order chi connectivity index (χ0) is 15.9. The minimum absolute atomic E-state index is 0.0544. The van der Waals surface area contributed by atoms with Gasteiger partial charge in [-0.25, -0.2) is 14.5 Å². The summed E-state index contributed by atoms with van der Waals surface area (Å²) in [6.45, 7) is 1.94. The molecule has 0 saturated carbocycles. The Bertz CT molecular complexity index is 897. The number of hydrogen-bond donors (Lipinski definition) is 3. The van der Waals surface area contributed by atoms with Crippen LogP contribution in [0.25, 0.3) is 17.1 Å². The highest BCUT2D eigenvalue weighted by Crippen LogP contribution is 2.36. The van der Waals surface area contributed by atoms with E-state index in [-0.39, 0.29) is 27.9 Å². The van der Waals surface area contributed by atoms with Crippen LogP contribution in [0.3, 0.4) is 0 Å². The van der Waals surface area contributed by atoms with Gasteiger partial charge in [-0.3, -0.25) is 0 Å². The van der Waals surface area contributed by atoms with Gasteiger partial charge in [0.2, 0.25) is 0 Å². The van der Waals surface area contributed by atoms with Crippen LogP contribution in [0.1, 0.15) is 5.56 Å². The van der Waals surface area contributed by atoms with E-state index >= 15 is 0 Å². The number of aromatic nitrogens is 3. The largest absolute Gasteiger partial charge is 0.507 e. The molecule has 6 nitrogen and oxygen atoms in total. The molecule has 0 spiro atoms. The van der Waals surface area contributed by atoms with Gasteiger partial charge in [-0.2, -0.15) is 5.10 Å². The van der Waals surface area contributed by atoms with E-state index < -0.39 is 5.69 Å². The summed E-state index contributed by atoms with van der Waals surface area (Å²) in [4.78, 5) is 12.0. The summed E-state index contributed by atoms with van der Waals surface area (Å²) in [5.41, 5.74) is 1.45. The number of nitrogens with one attached hydrogen (secondary N) is 1. The molecule has 3 N–H and O–H groups in total. The summed E-state index contributed by atoms with van der Waals surface area (Å²) in [6, 6.07) is 9.73. The minimum atomic E-state index is -0.442. The van der Waals surface area contributed by atoms with Crippen LogP contribution in [0.2, 0.25) is 5.02 Å². The van der Waals surface area contributed by atoms with E-state index in [1.807, 2.05) is 19.1 Å². The maximum absolute atomic E-state index is 12.0. The number of benzene rings is 2. The Morgan fingerprint density at radius 1 is 1.14 bits per heavy atom. The molecule has 3 rings (SSSR count). The summed E-state index contributed by atoms with van der Waals surface area (Å²) in [5, 5.41) is 25.9. The predicted molar refractivity (Wildman–Crippen MR) is 82.7 cm³/mol. The van der Waals surface area contributed by atoms with Crippen LogP contribution in [0.4, 0.5) is 0 Å². The lowest BCUT2D eigenvalue weighted by Crippen LogP contribution is -2.15. The Morgan fingerprint density at radius 3 is 2.50 bits per heavy atom. The van der Waals surface area contributed by atoms with E-state index in [0.29, 0.717) is 5.69 Å². The molecule has 0 atom stereocenters. The van der Waals surface area contributed by atoms with E-state index in [4.69, 9.17) is 11.6 Å².